The maximum Gasteiger partial charge on any atom is 0.269 e. The first-order valence-electron chi connectivity index (χ1n) is 8.62. The van der Waals surface area contributed by atoms with Crippen LogP contribution in [-0.2, 0) is 9.53 Å². The van der Waals surface area contributed by atoms with Crippen molar-refractivity contribution >= 4 is 5.78 Å². The lowest BCUT2D eigenvalue weighted by Crippen LogP contribution is -2.32. The molecule has 0 radical (unpaired) electrons. The van der Waals surface area contributed by atoms with Gasteiger partial charge in [-0.05, 0) is 44.6 Å². The van der Waals surface area contributed by atoms with Crippen LogP contribution in [0.4, 0.5) is 0 Å². The second kappa shape index (κ2) is 7.96. The zero-order chi connectivity index (χ0) is 17.8. The smallest absolute Gasteiger partial charge is 0.269 e. The summed E-state index contributed by atoms with van der Waals surface area (Å²) in [6.07, 6.45) is 7.97. The van der Waals surface area contributed by atoms with Gasteiger partial charge in [0.15, 0.2) is 0 Å². The molecular weight excluding hydrogens is 288 g/mol. The molecule has 0 aromatic rings. The summed E-state index contributed by atoms with van der Waals surface area (Å²) < 4.78 is 5.43. The molecule has 1 aliphatic rings. The number of Topliss-reactive ketones (excluding diaryl/α,β-unsaturated/α-hetero) is 1. The highest BCUT2D eigenvalue weighted by Gasteiger charge is 2.42. The number of aliphatic hydroxyl groups is 1. The van der Waals surface area contributed by atoms with Gasteiger partial charge in [0.2, 0.25) is 5.78 Å². The van der Waals surface area contributed by atoms with E-state index in [9.17, 15) is 9.90 Å². The highest BCUT2D eigenvalue weighted by atomic mass is 16.6. The number of hydrogen-bond acceptors (Lipinski definition) is 3. The number of ether oxygens (including phenoxy) is 1. The van der Waals surface area contributed by atoms with Gasteiger partial charge in [0.05, 0.1) is 0 Å². The van der Waals surface area contributed by atoms with E-state index in [0.717, 1.165) is 17.1 Å². The van der Waals surface area contributed by atoms with Crippen LogP contribution in [0.3, 0.4) is 0 Å². The van der Waals surface area contributed by atoms with Gasteiger partial charge >= 0.3 is 0 Å². The second-order valence-electron chi connectivity index (χ2n) is 7.21. The Balaban J connectivity index is 2.82. The van der Waals surface area contributed by atoms with Gasteiger partial charge < -0.3 is 9.84 Å². The summed E-state index contributed by atoms with van der Waals surface area (Å²) in [5, 5.41) is 9.93. The van der Waals surface area contributed by atoms with Crippen molar-refractivity contribution in [2.24, 2.45) is 11.8 Å². The SMILES string of the molecule is CCC[C@H](C)C[C@H](C)/C=C(C)/C=C(/C)C1=C(C)C(=O)[C@@](C)(O)O1. The van der Waals surface area contributed by atoms with Gasteiger partial charge in [-0.2, -0.15) is 0 Å². The van der Waals surface area contributed by atoms with Crippen LogP contribution in [0.5, 0.6) is 0 Å². The molecule has 1 N–H and O–H groups in total. The molecule has 0 bridgehead atoms. The van der Waals surface area contributed by atoms with Gasteiger partial charge in [-0.1, -0.05) is 51.3 Å². The van der Waals surface area contributed by atoms with Crippen LogP contribution in [0, 0.1) is 11.8 Å². The van der Waals surface area contributed by atoms with E-state index < -0.39 is 5.79 Å². The van der Waals surface area contributed by atoms with E-state index in [0.29, 0.717) is 17.3 Å². The van der Waals surface area contributed by atoms with Crippen LogP contribution >= 0.6 is 0 Å². The van der Waals surface area contributed by atoms with E-state index in [1.807, 2.05) is 13.0 Å². The maximum atomic E-state index is 11.9. The van der Waals surface area contributed by atoms with E-state index in [-0.39, 0.29) is 5.78 Å². The van der Waals surface area contributed by atoms with Crippen molar-refractivity contribution in [3.63, 3.8) is 0 Å². The van der Waals surface area contributed by atoms with Gasteiger partial charge in [0.25, 0.3) is 5.79 Å². The number of hydrogen-bond donors (Lipinski definition) is 1. The van der Waals surface area contributed by atoms with Crippen LogP contribution in [0.1, 0.15) is 67.7 Å². The molecule has 0 saturated heterocycles. The van der Waals surface area contributed by atoms with Crippen molar-refractivity contribution in [2.75, 3.05) is 0 Å². The standard InChI is InChI=1S/C20H32O3/c1-8-9-13(2)10-14(3)11-15(4)12-16(5)18-17(6)19(21)20(7,22)23-18/h11-14,22H,8-10H2,1-7H3/b15-11+,16-12-/t13-,14-,20-/m0/s1. The lowest BCUT2D eigenvalue weighted by atomic mass is 9.92. The monoisotopic (exact) mass is 320 g/mol. The molecule has 0 amide bonds. The molecule has 0 saturated carbocycles. The lowest BCUT2D eigenvalue weighted by Gasteiger charge is -2.17. The highest BCUT2D eigenvalue weighted by Crippen LogP contribution is 2.33. The van der Waals surface area contributed by atoms with Crippen molar-refractivity contribution in [3.05, 3.63) is 34.6 Å². The molecule has 0 unspecified atom stereocenters. The summed E-state index contributed by atoms with van der Waals surface area (Å²) in [7, 11) is 0. The predicted octanol–water partition coefficient (Wildman–Crippen LogP) is 4.92. The van der Waals surface area contributed by atoms with Gasteiger partial charge in [-0.15, -0.1) is 0 Å². The normalized spacial score (nSPS) is 25.7. The Morgan fingerprint density at radius 3 is 2.43 bits per heavy atom. The zero-order valence-electron chi connectivity index (χ0n) is 15.7. The fourth-order valence-corrected chi connectivity index (χ4v) is 3.37. The van der Waals surface area contributed by atoms with E-state index in [2.05, 4.69) is 33.8 Å². The molecule has 130 valence electrons. The van der Waals surface area contributed by atoms with Crippen molar-refractivity contribution < 1.29 is 14.6 Å². The first kappa shape index (κ1) is 19.7. The van der Waals surface area contributed by atoms with Crippen LogP contribution in [0.15, 0.2) is 34.6 Å². The summed E-state index contributed by atoms with van der Waals surface area (Å²) in [6, 6.07) is 0. The molecule has 23 heavy (non-hydrogen) atoms. The summed E-state index contributed by atoms with van der Waals surface area (Å²) in [5.74, 6) is -0.331. The Hall–Kier alpha value is -1.35. The average Bonchev–Trinajstić information content (AvgIpc) is 2.62. The molecule has 0 aromatic carbocycles. The van der Waals surface area contributed by atoms with Gasteiger partial charge in [0, 0.05) is 12.5 Å². The molecular formula is C20H32O3. The minimum absolute atomic E-state index is 0.358. The van der Waals surface area contributed by atoms with Crippen LogP contribution in [0.2, 0.25) is 0 Å². The summed E-state index contributed by atoms with van der Waals surface area (Å²) >= 11 is 0. The molecule has 0 fully saturated rings. The number of ketones is 1. The lowest BCUT2D eigenvalue weighted by molar-refractivity contribution is -0.169. The quantitative estimate of drug-likeness (QED) is 0.677. The third kappa shape index (κ3) is 5.35. The third-order valence-electron chi connectivity index (χ3n) is 4.31. The molecule has 0 aliphatic carbocycles. The van der Waals surface area contributed by atoms with Crippen molar-refractivity contribution in [3.8, 4) is 0 Å². The van der Waals surface area contributed by atoms with E-state index in [1.165, 1.54) is 26.2 Å². The molecule has 1 heterocycles. The van der Waals surface area contributed by atoms with Crippen molar-refractivity contribution in [1.29, 1.82) is 0 Å². The third-order valence-corrected chi connectivity index (χ3v) is 4.31. The molecule has 0 spiro atoms. The topological polar surface area (TPSA) is 46.5 Å². The molecule has 3 nitrogen and oxygen atoms in total. The second-order valence-corrected chi connectivity index (χ2v) is 7.21. The minimum Gasteiger partial charge on any atom is -0.454 e. The number of carbonyl (C=O) groups excluding carboxylic acids is 1. The fraction of sp³-hybridized carbons (Fsp3) is 0.650. The summed E-state index contributed by atoms with van der Waals surface area (Å²) in [5.41, 5.74) is 2.51. The fourth-order valence-electron chi connectivity index (χ4n) is 3.37. The van der Waals surface area contributed by atoms with Gasteiger partial charge in [0.1, 0.15) is 5.76 Å². The Bertz CT molecular complexity index is 535. The number of carbonyl (C=O) groups is 1. The van der Waals surface area contributed by atoms with E-state index in [1.54, 1.807) is 6.92 Å². The van der Waals surface area contributed by atoms with Crippen LogP contribution in [-0.4, -0.2) is 16.7 Å². The van der Waals surface area contributed by atoms with Gasteiger partial charge in [-0.25, -0.2) is 0 Å². The summed E-state index contributed by atoms with van der Waals surface area (Å²) in [4.78, 5) is 11.9. The Kier molecular flexibility index (Phi) is 6.82. The number of rotatable bonds is 7. The largest absolute Gasteiger partial charge is 0.454 e. The molecule has 1 rings (SSSR count). The Morgan fingerprint density at radius 1 is 1.35 bits per heavy atom. The highest BCUT2D eigenvalue weighted by molar-refractivity contribution is 6.03. The Labute approximate surface area is 141 Å². The zero-order valence-corrected chi connectivity index (χ0v) is 15.7. The van der Waals surface area contributed by atoms with Crippen LogP contribution in [0.25, 0.3) is 0 Å². The van der Waals surface area contributed by atoms with Crippen molar-refractivity contribution in [2.45, 2.75) is 73.5 Å². The van der Waals surface area contributed by atoms with Crippen LogP contribution < -0.4 is 0 Å². The first-order chi connectivity index (χ1) is 10.6. The minimum atomic E-state index is -1.73. The molecule has 1 aliphatic heterocycles. The van der Waals surface area contributed by atoms with Gasteiger partial charge in [-0.3, -0.25) is 4.79 Å². The molecule has 0 aromatic heterocycles. The van der Waals surface area contributed by atoms with E-state index >= 15 is 0 Å². The predicted molar refractivity (Wildman–Crippen MR) is 94.8 cm³/mol. The maximum absolute atomic E-state index is 11.9. The first-order valence-corrected chi connectivity index (χ1v) is 8.62. The summed E-state index contributed by atoms with van der Waals surface area (Å²) in [6.45, 7) is 13.8. The molecule has 3 atom stereocenters. The van der Waals surface area contributed by atoms with E-state index in [4.69, 9.17) is 4.74 Å². The Morgan fingerprint density at radius 2 is 1.96 bits per heavy atom. The number of allylic oxidation sites excluding steroid dienone is 4. The average molecular weight is 320 g/mol. The molecule has 3 heteroatoms. The van der Waals surface area contributed by atoms with Crippen molar-refractivity contribution in [1.82, 2.24) is 0 Å².